The van der Waals surface area contributed by atoms with Gasteiger partial charge < -0.3 is 5.32 Å². The molecule has 1 aliphatic rings. The number of rotatable bonds is 4. The van der Waals surface area contributed by atoms with E-state index in [9.17, 15) is 0 Å². The van der Waals surface area contributed by atoms with Gasteiger partial charge in [0, 0.05) is 6.04 Å². The van der Waals surface area contributed by atoms with Crippen LogP contribution in [0.3, 0.4) is 0 Å². The van der Waals surface area contributed by atoms with E-state index in [0.29, 0.717) is 0 Å². The Morgan fingerprint density at radius 1 is 1.31 bits per heavy atom. The van der Waals surface area contributed by atoms with Gasteiger partial charge in [-0.15, -0.1) is 0 Å². The summed E-state index contributed by atoms with van der Waals surface area (Å²) in [5.74, 6) is 2.66. The first-order chi connectivity index (χ1) is 6.15. The zero-order valence-electron chi connectivity index (χ0n) is 9.64. The zero-order chi connectivity index (χ0) is 9.84. The van der Waals surface area contributed by atoms with Crippen LogP contribution < -0.4 is 5.32 Å². The maximum Gasteiger partial charge on any atom is 0.0101 e. The van der Waals surface area contributed by atoms with Crippen LogP contribution in [0.15, 0.2) is 0 Å². The highest BCUT2D eigenvalue weighted by Gasteiger charge is 2.29. The Labute approximate surface area is 83.3 Å². The summed E-state index contributed by atoms with van der Waals surface area (Å²) in [4.78, 5) is 0. The largest absolute Gasteiger partial charge is 0.314 e. The summed E-state index contributed by atoms with van der Waals surface area (Å²) in [6, 6.07) is 0.801. The minimum atomic E-state index is 0.801. The Morgan fingerprint density at radius 3 is 2.54 bits per heavy atom. The van der Waals surface area contributed by atoms with Crippen molar-refractivity contribution >= 4 is 0 Å². The summed E-state index contributed by atoms with van der Waals surface area (Å²) in [6.45, 7) is 10.6. The molecule has 1 nitrogen and oxygen atoms in total. The van der Waals surface area contributed by atoms with Crippen molar-refractivity contribution < 1.29 is 0 Å². The van der Waals surface area contributed by atoms with E-state index < -0.39 is 0 Å². The Kier molecular flexibility index (Phi) is 4.24. The molecular weight excluding hydrogens is 158 g/mol. The van der Waals surface area contributed by atoms with Crippen molar-refractivity contribution in [3.63, 3.8) is 0 Å². The highest BCUT2D eigenvalue weighted by Crippen LogP contribution is 2.28. The quantitative estimate of drug-likeness (QED) is 0.706. The Morgan fingerprint density at radius 2 is 2.00 bits per heavy atom. The monoisotopic (exact) mass is 183 g/mol. The normalized spacial score (nSPS) is 31.2. The summed E-state index contributed by atoms with van der Waals surface area (Å²) in [6.07, 6.45) is 4.08. The standard InChI is InChI=1S/C12H25N/c1-5-10(4)8-12-11(9(2)3)6-7-13-12/h9-13H,5-8H2,1-4H3. The van der Waals surface area contributed by atoms with E-state index in [-0.39, 0.29) is 0 Å². The summed E-state index contributed by atoms with van der Waals surface area (Å²) >= 11 is 0. The van der Waals surface area contributed by atoms with Crippen molar-refractivity contribution in [1.29, 1.82) is 0 Å². The van der Waals surface area contributed by atoms with Crippen LogP contribution in [-0.2, 0) is 0 Å². The summed E-state index contributed by atoms with van der Waals surface area (Å²) in [7, 11) is 0. The van der Waals surface area contributed by atoms with Gasteiger partial charge >= 0.3 is 0 Å². The SMILES string of the molecule is CCC(C)CC1NCCC1C(C)C. The fourth-order valence-electron chi connectivity index (χ4n) is 2.44. The van der Waals surface area contributed by atoms with E-state index >= 15 is 0 Å². The second-order valence-electron chi connectivity index (χ2n) is 5.01. The summed E-state index contributed by atoms with van der Waals surface area (Å²) in [5.41, 5.74) is 0. The van der Waals surface area contributed by atoms with Gasteiger partial charge in [-0.05, 0) is 37.1 Å². The fourth-order valence-corrected chi connectivity index (χ4v) is 2.44. The first kappa shape index (κ1) is 11.0. The lowest BCUT2D eigenvalue weighted by atomic mass is 9.84. The van der Waals surface area contributed by atoms with Gasteiger partial charge in [-0.1, -0.05) is 34.1 Å². The summed E-state index contributed by atoms with van der Waals surface area (Å²) in [5, 5.41) is 3.65. The lowest BCUT2D eigenvalue weighted by molar-refractivity contribution is 0.296. The van der Waals surface area contributed by atoms with E-state index in [1.54, 1.807) is 0 Å². The molecule has 1 heteroatoms. The third-order valence-electron chi connectivity index (χ3n) is 3.61. The van der Waals surface area contributed by atoms with Crippen molar-refractivity contribution in [1.82, 2.24) is 5.32 Å². The molecule has 13 heavy (non-hydrogen) atoms. The maximum absolute atomic E-state index is 3.65. The highest BCUT2D eigenvalue weighted by molar-refractivity contribution is 4.86. The van der Waals surface area contributed by atoms with Crippen LogP contribution in [0.5, 0.6) is 0 Å². The first-order valence-electron chi connectivity index (χ1n) is 5.88. The van der Waals surface area contributed by atoms with Crippen LogP contribution in [0.1, 0.15) is 47.0 Å². The molecule has 1 heterocycles. The Hall–Kier alpha value is -0.0400. The molecule has 0 bridgehead atoms. The number of nitrogens with one attached hydrogen (secondary N) is 1. The second kappa shape index (κ2) is 4.99. The van der Waals surface area contributed by atoms with Gasteiger partial charge in [0.2, 0.25) is 0 Å². The molecule has 0 spiro atoms. The molecule has 0 saturated carbocycles. The molecule has 78 valence electrons. The van der Waals surface area contributed by atoms with E-state index in [1.807, 2.05) is 0 Å². The van der Waals surface area contributed by atoms with Gasteiger partial charge in [0.15, 0.2) is 0 Å². The van der Waals surface area contributed by atoms with Gasteiger partial charge in [0.1, 0.15) is 0 Å². The van der Waals surface area contributed by atoms with E-state index in [1.165, 1.54) is 25.8 Å². The molecule has 1 saturated heterocycles. The topological polar surface area (TPSA) is 12.0 Å². The van der Waals surface area contributed by atoms with Crippen molar-refractivity contribution in [3.8, 4) is 0 Å². The molecule has 0 aromatic heterocycles. The average molecular weight is 183 g/mol. The lowest BCUT2D eigenvalue weighted by Gasteiger charge is -2.25. The molecule has 3 unspecified atom stereocenters. The predicted molar refractivity (Wildman–Crippen MR) is 58.8 cm³/mol. The van der Waals surface area contributed by atoms with Crippen LogP contribution in [0.2, 0.25) is 0 Å². The van der Waals surface area contributed by atoms with Crippen LogP contribution in [-0.4, -0.2) is 12.6 Å². The number of hydrogen-bond donors (Lipinski definition) is 1. The minimum absolute atomic E-state index is 0.801. The van der Waals surface area contributed by atoms with Crippen LogP contribution in [0.4, 0.5) is 0 Å². The van der Waals surface area contributed by atoms with Crippen molar-refractivity contribution in [2.24, 2.45) is 17.8 Å². The van der Waals surface area contributed by atoms with Crippen molar-refractivity contribution in [2.75, 3.05) is 6.54 Å². The molecule has 1 rings (SSSR count). The van der Waals surface area contributed by atoms with Crippen molar-refractivity contribution in [2.45, 2.75) is 53.0 Å². The maximum atomic E-state index is 3.65. The molecule has 0 aromatic carbocycles. The molecule has 0 radical (unpaired) electrons. The van der Waals surface area contributed by atoms with Crippen LogP contribution >= 0.6 is 0 Å². The Balaban J connectivity index is 2.39. The van der Waals surface area contributed by atoms with Gasteiger partial charge in [-0.2, -0.15) is 0 Å². The average Bonchev–Trinajstić information content (AvgIpc) is 2.52. The first-order valence-corrected chi connectivity index (χ1v) is 5.88. The van der Waals surface area contributed by atoms with Crippen LogP contribution in [0, 0.1) is 17.8 Å². The number of hydrogen-bond acceptors (Lipinski definition) is 1. The second-order valence-corrected chi connectivity index (χ2v) is 5.01. The molecule has 0 amide bonds. The van der Waals surface area contributed by atoms with E-state index in [0.717, 1.165) is 23.8 Å². The zero-order valence-corrected chi connectivity index (χ0v) is 9.64. The van der Waals surface area contributed by atoms with E-state index in [2.05, 4.69) is 33.0 Å². The molecule has 1 N–H and O–H groups in total. The minimum Gasteiger partial charge on any atom is -0.314 e. The predicted octanol–water partition coefficient (Wildman–Crippen LogP) is 3.06. The fraction of sp³-hybridized carbons (Fsp3) is 1.00. The molecule has 3 atom stereocenters. The molecule has 0 aromatic rings. The molecule has 1 aliphatic heterocycles. The van der Waals surface area contributed by atoms with Gasteiger partial charge in [-0.25, -0.2) is 0 Å². The van der Waals surface area contributed by atoms with Crippen LogP contribution in [0.25, 0.3) is 0 Å². The molecule has 1 fully saturated rings. The highest BCUT2D eigenvalue weighted by atomic mass is 15.0. The molecular formula is C12H25N. The Bertz CT molecular complexity index is 142. The van der Waals surface area contributed by atoms with Gasteiger partial charge in [0.25, 0.3) is 0 Å². The third kappa shape index (κ3) is 2.98. The third-order valence-corrected chi connectivity index (χ3v) is 3.61. The van der Waals surface area contributed by atoms with Crippen molar-refractivity contribution in [3.05, 3.63) is 0 Å². The summed E-state index contributed by atoms with van der Waals surface area (Å²) < 4.78 is 0. The van der Waals surface area contributed by atoms with Gasteiger partial charge in [-0.3, -0.25) is 0 Å². The van der Waals surface area contributed by atoms with Gasteiger partial charge in [0.05, 0.1) is 0 Å². The van der Waals surface area contributed by atoms with E-state index in [4.69, 9.17) is 0 Å². The smallest absolute Gasteiger partial charge is 0.0101 e. The molecule has 0 aliphatic carbocycles. The lowest BCUT2D eigenvalue weighted by Crippen LogP contribution is -2.31.